The van der Waals surface area contributed by atoms with Crippen LogP contribution in [-0.2, 0) is 11.3 Å². The Bertz CT molecular complexity index is 293. The van der Waals surface area contributed by atoms with Crippen LogP contribution < -0.4 is 0 Å². The molecule has 0 unspecified atom stereocenters. The molecule has 0 saturated carbocycles. The number of carbonyl (C=O) groups is 1. The number of benzene rings is 1. The molecule has 78 valence electrons. The summed E-state index contributed by atoms with van der Waals surface area (Å²) in [6, 6.07) is 10.1. The molecule has 0 heterocycles. The Kier molecular flexibility index (Phi) is 4.47. The summed E-state index contributed by atoms with van der Waals surface area (Å²) in [7, 11) is 3.85. The number of carbonyl (C=O) groups excluding carboxylic acids is 1. The first-order chi connectivity index (χ1) is 6.02. The van der Waals surface area contributed by atoms with Crippen molar-refractivity contribution in [2.75, 3.05) is 14.1 Å². The highest BCUT2D eigenvalue weighted by atomic mass is 16.2. The summed E-state index contributed by atoms with van der Waals surface area (Å²) < 4.78 is 0.407. The number of quaternary nitrogens is 1. The molecule has 0 aromatic heterocycles. The van der Waals surface area contributed by atoms with Gasteiger partial charge in [0.2, 0.25) is 0 Å². The summed E-state index contributed by atoms with van der Waals surface area (Å²) >= 11 is 0. The standard InChI is InChI=1S/C11H16NO.H2O/c1-10(13)12(2,3)9-11-7-5-4-6-8-11;/h4-8H,9H2,1-3H3;1H2/q+1;/p-1. The summed E-state index contributed by atoms with van der Waals surface area (Å²) in [6.07, 6.45) is 0. The van der Waals surface area contributed by atoms with E-state index in [-0.39, 0.29) is 11.4 Å². The zero-order valence-corrected chi connectivity index (χ0v) is 8.90. The zero-order valence-electron chi connectivity index (χ0n) is 8.90. The molecule has 0 aliphatic rings. The van der Waals surface area contributed by atoms with E-state index < -0.39 is 0 Å². The maximum atomic E-state index is 11.2. The lowest BCUT2D eigenvalue weighted by Gasteiger charge is -2.25. The van der Waals surface area contributed by atoms with E-state index in [1.54, 1.807) is 6.92 Å². The second-order valence-corrected chi connectivity index (χ2v) is 3.85. The molecule has 14 heavy (non-hydrogen) atoms. The summed E-state index contributed by atoms with van der Waals surface area (Å²) in [5.74, 6) is 0.184. The van der Waals surface area contributed by atoms with Gasteiger partial charge in [0.05, 0.1) is 21.0 Å². The van der Waals surface area contributed by atoms with Crippen LogP contribution in [0, 0.1) is 0 Å². The smallest absolute Gasteiger partial charge is 0.310 e. The first-order valence-corrected chi connectivity index (χ1v) is 4.40. The topological polar surface area (TPSA) is 47.1 Å². The van der Waals surface area contributed by atoms with E-state index in [0.29, 0.717) is 4.48 Å². The highest BCUT2D eigenvalue weighted by molar-refractivity contribution is 5.65. The van der Waals surface area contributed by atoms with Crippen molar-refractivity contribution < 1.29 is 14.8 Å². The Morgan fingerprint density at radius 1 is 1.21 bits per heavy atom. The van der Waals surface area contributed by atoms with E-state index in [2.05, 4.69) is 0 Å². The van der Waals surface area contributed by atoms with Gasteiger partial charge in [-0.2, -0.15) is 0 Å². The number of hydrogen-bond donors (Lipinski definition) is 0. The fourth-order valence-corrected chi connectivity index (χ4v) is 1.15. The van der Waals surface area contributed by atoms with E-state index >= 15 is 0 Å². The molecule has 0 atom stereocenters. The lowest BCUT2D eigenvalue weighted by Crippen LogP contribution is -2.42. The number of rotatable bonds is 2. The van der Waals surface area contributed by atoms with Crippen molar-refractivity contribution in [3.63, 3.8) is 0 Å². The Morgan fingerprint density at radius 3 is 2.14 bits per heavy atom. The van der Waals surface area contributed by atoms with Crippen LogP contribution in [0.4, 0.5) is 0 Å². The maximum absolute atomic E-state index is 11.2. The third-order valence-electron chi connectivity index (χ3n) is 2.27. The van der Waals surface area contributed by atoms with E-state index in [0.717, 1.165) is 6.54 Å². The SMILES string of the molecule is CC(=O)[N+](C)(C)Cc1ccccc1.[OH-]. The predicted octanol–water partition coefficient (Wildman–Crippen LogP) is 1.63. The average molecular weight is 195 g/mol. The minimum atomic E-state index is 0. The lowest BCUT2D eigenvalue weighted by atomic mass is 10.2. The molecule has 1 N–H and O–H groups in total. The monoisotopic (exact) mass is 195 g/mol. The quantitative estimate of drug-likeness (QED) is 0.673. The molecular formula is C11H17NO2. The van der Waals surface area contributed by atoms with Crippen LogP contribution in [0.5, 0.6) is 0 Å². The van der Waals surface area contributed by atoms with Crippen molar-refractivity contribution in [1.82, 2.24) is 0 Å². The molecule has 1 aromatic carbocycles. The summed E-state index contributed by atoms with van der Waals surface area (Å²) in [4.78, 5) is 11.2. The molecule has 0 fully saturated rings. The van der Waals surface area contributed by atoms with Crippen LogP contribution in [0.15, 0.2) is 30.3 Å². The van der Waals surface area contributed by atoms with Crippen molar-refractivity contribution in [1.29, 1.82) is 0 Å². The van der Waals surface area contributed by atoms with E-state index in [1.807, 2.05) is 44.4 Å². The van der Waals surface area contributed by atoms with Gasteiger partial charge in [-0.1, -0.05) is 30.3 Å². The van der Waals surface area contributed by atoms with Crippen molar-refractivity contribution in [3.05, 3.63) is 35.9 Å². The molecule has 1 aromatic rings. The van der Waals surface area contributed by atoms with Gasteiger partial charge in [-0.3, -0.25) is 4.48 Å². The molecule has 3 nitrogen and oxygen atoms in total. The van der Waals surface area contributed by atoms with Crippen LogP contribution in [-0.4, -0.2) is 30.0 Å². The Hall–Kier alpha value is -1.19. The fourth-order valence-electron chi connectivity index (χ4n) is 1.15. The summed E-state index contributed by atoms with van der Waals surface area (Å²) in [5.41, 5.74) is 1.20. The molecule has 3 heteroatoms. The normalized spacial score (nSPS) is 10.5. The van der Waals surface area contributed by atoms with Crippen LogP contribution >= 0.6 is 0 Å². The van der Waals surface area contributed by atoms with Crippen molar-refractivity contribution in [2.45, 2.75) is 13.5 Å². The number of nitrogens with zero attached hydrogens (tertiary/aromatic N) is 1. The van der Waals surface area contributed by atoms with Crippen LogP contribution in [0.25, 0.3) is 0 Å². The Labute approximate surface area is 84.9 Å². The van der Waals surface area contributed by atoms with Crippen LogP contribution in [0.2, 0.25) is 0 Å². The van der Waals surface area contributed by atoms with Gasteiger partial charge in [0.1, 0.15) is 6.54 Å². The Balaban J connectivity index is 0.00000169. The van der Waals surface area contributed by atoms with Gasteiger partial charge < -0.3 is 5.48 Å². The number of amides is 1. The molecule has 0 saturated heterocycles. The molecule has 1 amide bonds. The highest BCUT2D eigenvalue weighted by Gasteiger charge is 2.21. The largest absolute Gasteiger partial charge is 0.870 e. The fraction of sp³-hybridized carbons (Fsp3) is 0.364. The molecule has 1 rings (SSSR count). The third kappa shape index (κ3) is 3.28. The second kappa shape index (κ2) is 4.88. The minimum absolute atomic E-state index is 0. The summed E-state index contributed by atoms with van der Waals surface area (Å²) in [6.45, 7) is 2.39. The lowest BCUT2D eigenvalue weighted by molar-refractivity contribution is -0.827. The number of hydrogen-bond acceptors (Lipinski definition) is 2. The molecule has 0 spiro atoms. The van der Waals surface area contributed by atoms with Crippen LogP contribution in [0.1, 0.15) is 12.5 Å². The van der Waals surface area contributed by atoms with E-state index in [1.165, 1.54) is 5.56 Å². The van der Waals surface area contributed by atoms with E-state index in [4.69, 9.17) is 0 Å². The molecular weight excluding hydrogens is 178 g/mol. The highest BCUT2D eigenvalue weighted by Crippen LogP contribution is 2.08. The summed E-state index contributed by atoms with van der Waals surface area (Å²) in [5, 5.41) is 0. The van der Waals surface area contributed by atoms with Gasteiger partial charge in [0.15, 0.2) is 0 Å². The first-order valence-electron chi connectivity index (χ1n) is 4.40. The molecule has 0 radical (unpaired) electrons. The molecule has 0 aliphatic heterocycles. The van der Waals surface area contributed by atoms with Gasteiger partial charge in [-0.25, -0.2) is 4.79 Å². The average Bonchev–Trinajstić information content (AvgIpc) is 2.05. The minimum Gasteiger partial charge on any atom is -0.870 e. The molecule has 0 aliphatic carbocycles. The van der Waals surface area contributed by atoms with Crippen molar-refractivity contribution >= 4 is 5.91 Å². The van der Waals surface area contributed by atoms with Crippen molar-refractivity contribution in [2.24, 2.45) is 0 Å². The third-order valence-corrected chi connectivity index (χ3v) is 2.27. The van der Waals surface area contributed by atoms with Gasteiger partial charge in [0, 0.05) is 5.56 Å². The maximum Gasteiger partial charge on any atom is 0.310 e. The molecule has 0 bridgehead atoms. The van der Waals surface area contributed by atoms with Gasteiger partial charge in [0.25, 0.3) is 0 Å². The van der Waals surface area contributed by atoms with Crippen LogP contribution in [0.3, 0.4) is 0 Å². The van der Waals surface area contributed by atoms with Crippen molar-refractivity contribution in [3.8, 4) is 0 Å². The first kappa shape index (κ1) is 12.8. The van der Waals surface area contributed by atoms with E-state index in [9.17, 15) is 4.79 Å². The van der Waals surface area contributed by atoms with Gasteiger partial charge >= 0.3 is 5.91 Å². The second-order valence-electron chi connectivity index (χ2n) is 3.85. The zero-order chi connectivity index (χ0) is 9.90. The predicted molar refractivity (Wildman–Crippen MR) is 54.9 cm³/mol. The van der Waals surface area contributed by atoms with Gasteiger partial charge in [-0.05, 0) is 0 Å². The Morgan fingerprint density at radius 2 is 1.71 bits per heavy atom. The van der Waals surface area contributed by atoms with Gasteiger partial charge in [-0.15, -0.1) is 0 Å².